The summed E-state index contributed by atoms with van der Waals surface area (Å²) in [4.78, 5) is 11.9. The predicted molar refractivity (Wildman–Crippen MR) is 90.4 cm³/mol. The number of ether oxygens (including phenoxy) is 3. The van der Waals surface area contributed by atoms with E-state index in [1.54, 1.807) is 6.92 Å². The molecule has 6 nitrogen and oxygen atoms in total. The van der Waals surface area contributed by atoms with Crippen LogP contribution >= 0.6 is 0 Å². The molecule has 2 N–H and O–H groups in total. The third-order valence-corrected chi connectivity index (χ3v) is 4.11. The minimum atomic E-state index is -0.820. The average Bonchev–Trinajstić information content (AvgIpc) is 2.42. The summed E-state index contributed by atoms with van der Waals surface area (Å²) in [6, 6.07) is 0. The Balaban J connectivity index is 2.28. The third kappa shape index (κ3) is 7.47. The second-order valence-corrected chi connectivity index (χ2v) is 7.89. The maximum Gasteiger partial charge on any atom is 0.309 e. The number of hydrogen-bond donors (Lipinski definition) is 2. The Morgan fingerprint density at radius 2 is 1.83 bits per heavy atom. The summed E-state index contributed by atoms with van der Waals surface area (Å²) in [5.41, 5.74) is -0.461. The van der Waals surface area contributed by atoms with Gasteiger partial charge >= 0.3 is 5.97 Å². The monoisotopic (exact) mass is 346 g/mol. The molecule has 6 heteroatoms. The molecular weight excluding hydrogens is 312 g/mol. The van der Waals surface area contributed by atoms with E-state index in [0.717, 1.165) is 19.3 Å². The van der Waals surface area contributed by atoms with E-state index in [1.165, 1.54) is 0 Å². The molecule has 0 amide bonds. The van der Waals surface area contributed by atoms with Gasteiger partial charge in [0, 0.05) is 6.42 Å². The standard InChI is InChI=1S/C18H34O6/c1-11(16(21)24-18(4,5)6)8-7-9-12(2)22-17-15(20)10-14(19)13(3)23-17/h11-15,17,19-20H,7-10H2,1-6H3/t11-,12-,13+,14?,15-,17?/m1/s1. The van der Waals surface area contributed by atoms with Crippen molar-refractivity contribution in [2.45, 2.75) is 104 Å². The van der Waals surface area contributed by atoms with Gasteiger partial charge in [0.05, 0.1) is 24.2 Å². The first kappa shape index (κ1) is 21.4. The SMILES string of the molecule is C[C@H](CCC[C@@H](C)C(=O)OC(C)(C)C)OC1O[C@@H](C)C(O)C[C@H]1O. The van der Waals surface area contributed by atoms with E-state index in [0.29, 0.717) is 0 Å². The molecule has 6 atom stereocenters. The van der Waals surface area contributed by atoms with Crippen LogP contribution in [0.1, 0.15) is 67.2 Å². The Morgan fingerprint density at radius 1 is 1.21 bits per heavy atom. The molecule has 0 aliphatic carbocycles. The number of aliphatic hydroxyl groups is 2. The van der Waals surface area contributed by atoms with Crippen molar-refractivity contribution >= 4 is 5.97 Å². The molecule has 142 valence electrons. The fourth-order valence-corrected chi connectivity index (χ4v) is 2.59. The van der Waals surface area contributed by atoms with Gasteiger partial charge in [0.2, 0.25) is 0 Å². The Morgan fingerprint density at radius 3 is 2.42 bits per heavy atom. The highest BCUT2D eigenvalue weighted by atomic mass is 16.7. The van der Waals surface area contributed by atoms with Crippen molar-refractivity contribution in [3.05, 3.63) is 0 Å². The summed E-state index contributed by atoms with van der Waals surface area (Å²) in [6.07, 6.45) is -0.0687. The minimum absolute atomic E-state index is 0.0991. The first-order chi connectivity index (χ1) is 11.0. The van der Waals surface area contributed by atoms with Crippen LogP contribution < -0.4 is 0 Å². The van der Waals surface area contributed by atoms with E-state index in [9.17, 15) is 15.0 Å². The van der Waals surface area contributed by atoms with Gasteiger partial charge < -0.3 is 24.4 Å². The zero-order chi connectivity index (χ0) is 18.5. The molecule has 1 saturated heterocycles. The van der Waals surface area contributed by atoms with Gasteiger partial charge in [0.1, 0.15) is 11.7 Å². The maximum atomic E-state index is 11.9. The summed E-state index contributed by atoms with van der Waals surface area (Å²) >= 11 is 0. The highest BCUT2D eigenvalue weighted by Gasteiger charge is 2.35. The lowest BCUT2D eigenvalue weighted by atomic mass is 10.0. The molecule has 0 aromatic heterocycles. The van der Waals surface area contributed by atoms with Crippen molar-refractivity contribution in [2.24, 2.45) is 5.92 Å². The van der Waals surface area contributed by atoms with Gasteiger partial charge in [0.25, 0.3) is 0 Å². The zero-order valence-electron chi connectivity index (χ0n) is 15.8. The summed E-state index contributed by atoms with van der Waals surface area (Å²) in [7, 11) is 0. The highest BCUT2D eigenvalue weighted by Crippen LogP contribution is 2.23. The van der Waals surface area contributed by atoms with Crippen molar-refractivity contribution in [3.8, 4) is 0 Å². The number of hydrogen-bond acceptors (Lipinski definition) is 6. The molecule has 1 aliphatic heterocycles. The van der Waals surface area contributed by atoms with Crippen LogP contribution in [-0.2, 0) is 19.0 Å². The fraction of sp³-hybridized carbons (Fsp3) is 0.944. The summed E-state index contributed by atoms with van der Waals surface area (Å²) in [5, 5.41) is 19.6. The topological polar surface area (TPSA) is 85.2 Å². The van der Waals surface area contributed by atoms with Crippen molar-refractivity contribution < 1.29 is 29.2 Å². The van der Waals surface area contributed by atoms with Gasteiger partial charge in [-0.25, -0.2) is 0 Å². The smallest absolute Gasteiger partial charge is 0.309 e. The quantitative estimate of drug-likeness (QED) is 0.689. The van der Waals surface area contributed by atoms with Gasteiger partial charge in [-0.3, -0.25) is 4.79 Å². The first-order valence-electron chi connectivity index (χ1n) is 8.89. The molecule has 0 radical (unpaired) electrons. The van der Waals surface area contributed by atoms with E-state index in [-0.39, 0.29) is 30.5 Å². The number of carbonyl (C=O) groups excluding carboxylic acids is 1. The fourth-order valence-electron chi connectivity index (χ4n) is 2.59. The highest BCUT2D eigenvalue weighted by molar-refractivity contribution is 5.72. The van der Waals surface area contributed by atoms with Crippen LogP contribution in [0, 0.1) is 5.92 Å². The molecule has 0 aromatic rings. The number of carbonyl (C=O) groups is 1. The normalized spacial score (nSPS) is 30.7. The molecule has 1 aliphatic rings. The first-order valence-corrected chi connectivity index (χ1v) is 8.89. The second kappa shape index (κ2) is 9.13. The van der Waals surface area contributed by atoms with Crippen LogP contribution in [0.15, 0.2) is 0 Å². The number of aliphatic hydroxyl groups excluding tert-OH is 2. The second-order valence-electron chi connectivity index (χ2n) is 7.89. The van der Waals surface area contributed by atoms with Crippen molar-refractivity contribution in [1.82, 2.24) is 0 Å². The zero-order valence-corrected chi connectivity index (χ0v) is 15.8. The lowest BCUT2D eigenvalue weighted by Crippen LogP contribution is -2.48. The van der Waals surface area contributed by atoms with Crippen LogP contribution in [0.5, 0.6) is 0 Å². The molecule has 1 heterocycles. The van der Waals surface area contributed by atoms with E-state index >= 15 is 0 Å². The summed E-state index contributed by atoms with van der Waals surface area (Å²) < 4.78 is 16.6. The molecule has 0 spiro atoms. The van der Waals surface area contributed by atoms with Gasteiger partial charge in [-0.15, -0.1) is 0 Å². The summed E-state index contributed by atoms with van der Waals surface area (Å²) in [6.45, 7) is 11.1. The number of esters is 1. The van der Waals surface area contributed by atoms with Crippen molar-refractivity contribution in [1.29, 1.82) is 0 Å². The lowest BCUT2D eigenvalue weighted by Gasteiger charge is -2.36. The maximum absolute atomic E-state index is 11.9. The van der Waals surface area contributed by atoms with Crippen LogP contribution in [-0.4, -0.2) is 52.5 Å². The van der Waals surface area contributed by atoms with E-state index in [2.05, 4.69) is 0 Å². The molecular formula is C18H34O6. The molecule has 0 saturated carbocycles. The van der Waals surface area contributed by atoms with E-state index < -0.39 is 24.1 Å². The molecule has 2 unspecified atom stereocenters. The largest absolute Gasteiger partial charge is 0.460 e. The van der Waals surface area contributed by atoms with Crippen molar-refractivity contribution in [2.75, 3.05) is 0 Å². The third-order valence-electron chi connectivity index (χ3n) is 4.11. The van der Waals surface area contributed by atoms with Crippen LogP contribution in [0.4, 0.5) is 0 Å². The van der Waals surface area contributed by atoms with E-state index in [4.69, 9.17) is 14.2 Å². The van der Waals surface area contributed by atoms with Crippen LogP contribution in [0.2, 0.25) is 0 Å². The Kier molecular flexibility index (Phi) is 8.12. The predicted octanol–water partition coefficient (Wildman–Crippen LogP) is 2.40. The molecule has 0 bridgehead atoms. The van der Waals surface area contributed by atoms with Crippen LogP contribution in [0.3, 0.4) is 0 Å². The number of rotatable bonds is 7. The molecule has 1 fully saturated rings. The lowest BCUT2D eigenvalue weighted by molar-refractivity contribution is -0.273. The molecule has 1 rings (SSSR count). The Bertz CT molecular complexity index is 391. The Hall–Kier alpha value is -0.690. The van der Waals surface area contributed by atoms with Gasteiger partial charge in [-0.1, -0.05) is 13.3 Å². The Labute approximate surface area is 145 Å². The average molecular weight is 346 g/mol. The van der Waals surface area contributed by atoms with Gasteiger partial charge in [-0.05, 0) is 47.5 Å². The van der Waals surface area contributed by atoms with Crippen LogP contribution in [0.25, 0.3) is 0 Å². The minimum Gasteiger partial charge on any atom is -0.460 e. The molecule has 24 heavy (non-hydrogen) atoms. The van der Waals surface area contributed by atoms with E-state index in [1.807, 2.05) is 34.6 Å². The van der Waals surface area contributed by atoms with Gasteiger partial charge in [-0.2, -0.15) is 0 Å². The molecule has 0 aromatic carbocycles. The van der Waals surface area contributed by atoms with Gasteiger partial charge in [0.15, 0.2) is 6.29 Å². The van der Waals surface area contributed by atoms with Crippen molar-refractivity contribution in [3.63, 3.8) is 0 Å². The summed E-state index contributed by atoms with van der Waals surface area (Å²) in [5.74, 6) is -0.326.